The first-order valence-electron chi connectivity index (χ1n) is 38.4. The number of carbonyl (C=O) groups excluding carboxylic acids is 8. The zero-order valence-electron chi connectivity index (χ0n) is 65.0. The monoisotopic (exact) mass is 1530 g/mol. The molecule has 9 aromatic rings. The van der Waals surface area contributed by atoms with Gasteiger partial charge in [0.2, 0.25) is 0 Å². The molecule has 4 heterocycles. The third-order valence-electron chi connectivity index (χ3n) is 19.6. The average Bonchev–Trinajstić information content (AvgIpc) is 0.782. The number of hydrogen-bond donors (Lipinski definition) is 5. The molecule has 0 fully saturated rings. The highest BCUT2D eigenvalue weighted by Gasteiger charge is 2.29. The molecule has 0 saturated carbocycles. The predicted octanol–water partition coefficient (Wildman–Crippen LogP) is 13.1. The summed E-state index contributed by atoms with van der Waals surface area (Å²) in [6.07, 6.45) is 1.62. The van der Waals surface area contributed by atoms with Crippen LogP contribution in [0.15, 0.2) is 200 Å². The first-order chi connectivity index (χ1) is 55.1. The van der Waals surface area contributed by atoms with Crippen LogP contribution in [0.25, 0.3) is 0 Å². The number of nitrogens with one attached hydrogen (secondary N) is 5. The van der Waals surface area contributed by atoms with E-state index in [1.165, 1.54) is 19.2 Å². The van der Waals surface area contributed by atoms with E-state index in [1.54, 1.807) is 50.4 Å². The average molecular weight is 1530 g/mol. The van der Waals surface area contributed by atoms with Crippen molar-refractivity contribution in [3.8, 4) is 28.7 Å². The van der Waals surface area contributed by atoms with Crippen LogP contribution in [0, 0.1) is 20.8 Å². The lowest BCUT2D eigenvalue weighted by Gasteiger charge is -2.24. The smallest absolute Gasteiger partial charge is 0.255 e. The van der Waals surface area contributed by atoms with E-state index in [4.69, 9.17) is 33.2 Å². The van der Waals surface area contributed by atoms with Gasteiger partial charge in [0.25, 0.3) is 29.5 Å². The van der Waals surface area contributed by atoms with Crippen LogP contribution in [0.3, 0.4) is 0 Å². The lowest BCUT2D eigenvalue weighted by molar-refractivity contribution is 0.0917. The molecule has 0 unspecified atom stereocenters. The third-order valence-corrected chi connectivity index (χ3v) is 19.6. The minimum atomic E-state index is -0.521. The Hall–Kier alpha value is -11.8. The van der Waals surface area contributed by atoms with E-state index in [0.29, 0.717) is 90.2 Å². The van der Waals surface area contributed by atoms with Gasteiger partial charge in [-0.2, -0.15) is 0 Å². The molecule has 5 N–H and O–H groups in total. The summed E-state index contributed by atoms with van der Waals surface area (Å²) in [4.78, 5) is 119. The SMILES string of the molecule is COCCNC(=O)c1ccc(C(=O)CCCN2CCCC(=O)c3ccc(c(C)c3C)C(=O)NCCN(CCNC(=O)c3ccc(C(=O)NCCOC)c(OCc4ccccc4)c3OCc3ccccc3)CCNC(=O)c3ccc(c(OCc4ccccc4)c3OCc3ccccc3)C(=O)CCC2)c(C)c1OCc1ccccc1. The van der Waals surface area contributed by atoms with Gasteiger partial charge in [-0.1, -0.05) is 164 Å². The van der Waals surface area contributed by atoms with Crippen LogP contribution in [0.5, 0.6) is 28.7 Å². The molecule has 113 heavy (non-hydrogen) atoms. The first kappa shape index (κ1) is 83.6. The van der Waals surface area contributed by atoms with Gasteiger partial charge in [-0.3, -0.25) is 43.3 Å². The Bertz CT molecular complexity index is 4680. The molecule has 0 aliphatic carbocycles. The number of hydrogen-bond acceptors (Lipinski definition) is 17. The van der Waals surface area contributed by atoms with Gasteiger partial charge in [0.1, 0.15) is 38.8 Å². The number of nitrogens with zero attached hydrogens (tertiary/aromatic N) is 2. The Balaban J connectivity index is 0.915. The number of amides is 5. The summed E-state index contributed by atoms with van der Waals surface area (Å²) in [5.74, 6) is -2.10. The standard InChI is InChI=1S/C91H101N7O15/c1-63-64(2)73-39-37-71(63)79(99)34-21-50-97(51-22-35-80(100)72-38-41-75(88(103)95-48-56-107-4)82(65(72)3)109-58-66-24-11-6-12-25-66)52-23-36-81(101)74-40-42-76(84(111-60-68-28-15-8-16-29-68)83(74)110-59-67-26-13-7-14-27-67)89(104)93-46-54-98(53-45-92-87(73)102)55-47-94-90(105)77-43-44-78(91(106)96-49-57-108-5)86(113-62-70-32-19-10-20-33-70)85(77)112-61-69-30-17-9-18-31-69/h6-20,24-33,37-44H,21-23,34-36,45-62H2,1-5H3,(H,92,102)(H,93,104)(H,94,105)(H,95,103)(H,96,106). The van der Waals surface area contributed by atoms with Gasteiger partial charge in [0.05, 0.1) is 41.0 Å². The van der Waals surface area contributed by atoms with Gasteiger partial charge in [-0.25, -0.2) is 0 Å². The largest absolute Gasteiger partial charge is 0.488 e. The molecular formula is C91H101N7O15. The molecule has 4 aliphatic rings. The normalized spacial score (nSPS) is 13.5. The molecule has 13 rings (SSSR count). The molecule has 9 aromatic carbocycles. The summed E-state index contributed by atoms with van der Waals surface area (Å²) in [5, 5.41) is 15.0. The van der Waals surface area contributed by atoms with Crippen molar-refractivity contribution < 1.29 is 71.5 Å². The minimum absolute atomic E-state index is 0.0201. The van der Waals surface area contributed by atoms with Crippen molar-refractivity contribution >= 4 is 46.9 Å². The number of benzene rings is 9. The number of ketones is 3. The van der Waals surface area contributed by atoms with Gasteiger partial charge in [-0.15, -0.1) is 0 Å². The lowest BCUT2D eigenvalue weighted by atomic mass is 9.93. The van der Waals surface area contributed by atoms with E-state index in [1.807, 2.05) is 170 Å². The van der Waals surface area contributed by atoms with E-state index in [0.717, 1.165) is 27.8 Å². The fourth-order valence-corrected chi connectivity index (χ4v) is 13.3. The van der Waals surface area contributed by atoms with E-state index >= 15 is 4.79 Å². The second-order valence-corrected chi connectivity index (χ2v) is 27.6. The van der Waals surface area contributed by atoms with Crippen molar-refractivity contribution in [1.82, 2.24) is 36.4 Å². The minimum Gasteiger partial charge on any atom is -0.488 e. The maximum Gasteiger partial charge on any atom is 0.255 e. The molecular weight excluding hydrogens is 1430 g/mol. The molecule has 590 valence electrons. The predicted molar refractivity (Wildman–Crippen MR) is 433 cm³/mol. The second-order valence-electron chi connectivity index (χ2n) is 27.6. The first-order valence-corrected chi connectivity index (χ1v) is 38.4. The van der Waals surface area contributed by atoms with Crippen LogP contribution in [0.2, 0.25) is 0 Å². The zero-order chi connectivity index (χ0) is 79.7. The topological polar surface area (TPSA) is 268 Å². The highest BCUT2D eigenvalue weighted by atomic mass is 16.5. The molecule has 4 aliphatic heterocycles. The number of methoxy groups -OCH3 is 2. The van der Waals surface area contributed by atoms with Gasteiger partial charge in [0, 0.05) is 108 Å². The van der Waals surface area contributed by atoms with E-state index in [-0.39, 0.29) is 186 Å². The van der Waals surface area contributed by atoms with Crippen molar-refractivity contribution in [2.45, 2.75) is 92.3 Å². The van der Waals surface area contributed by atoms with Crippen molar-refractivity contribution in [2.75, 3.05) is 99.4 Å². The molecule has 0 radical (unpaired) electrons. The van der Waals surface area contributed by atoms with Gasteiger partial charge in [-0.05, 0) is 135 Å². The summed E-state index contributed by atoms with van der Waals surface area (Å²) < 4.78 is 43.0. The molecule has 5 amide bonds. The number of Topliss-reactive ketones (excluding diaryl/α,β-unsaturated/α-hetero) is 3. The molecule has 0 aromatic heterocycles. The maximum atomic E-state index is 15.0. The van der Waals surface area contributed by atoms with Crippen molar-refractivity contribution in [1.29, 1.82) is 0 Å². The Morgan fingerprint density at radius 3 is 1.16 bits per heavy atom. The van der Waals surface area contributed by atoms with Crippen LogP contribution in [-0.4, -0.2) is 156 Å². The molecule has 0 saturated heterocycles. The van der Waals surface area contributed by atoms with E-state index < -0.39 is 17.7 Å². The fourth-order valence-electron chi connectivity index (χ4n) is 13.3. The quantitative estimate of drug-likeness (QED) is 0.0194. The van der Waals surface area contributed by atoms with Crippen molar-refractivity contribution in [2.24, 2.45) is 0 Å². The van der Waals surface area contributed by atoms with Crippen LogP contribution in [0.4, 0.5) is 0 Å². The highest BCUT2D eigenvalue weighted by Crippen LogP contribution is 2.40. The Labute approximate surface area is 661 Å². The Kier molecular flexibility index (Phi) is 32.3. The molecule has 22 heteroatoms. The number of ether oxygens (including phenoxy) is 7. The van der Waals surface area contributed by atoms with Crippen LogP contribution >= 0.6 is 0 Å². The summed E-state index contributed by atoms with van der Waals surface area (Å²) >= 11 is 0. The number of rotatable bonds is 32. The maximum absolute atomic E-state index is 15.0. The third kappa shape index (κ3) is 24.3. The molecule has 0 atom stereocenters. The Morgan fingerprint density at radius 2 is 0.708 bits per heavy atom. The van der Waals surface area contributed by atoms with Gasteiger partial charge < -0.3 is 64.6 Å². The fraction of sp³-hybridized carbons (Fsp3) is 0.319. The molecule has 4 bridgehead atoms. The zero-order valence-corrected chi connectivity index (χ0v) is 65.0. The summed E-state index contributed by atoms with van der Waals surface area (Å²) in [6, 6.07) is 60.2. The van der Waals surface area contributed by atoms with Crippen LogP contribution < -0.4 is 50.3 Å². The van der Waals surface area contributed by atoms with E-state index in [2.05, 4.69) is 31.5 Å². The summed E-state index contributed by atoms with van der Waals surface area (Å²) in [5.41, 5.74) is 8.17. The Morgan fingerprint density at radius 1 is 0.363 bits per heavy atom. The summed E-state index contributed by atoms with van der Waals surface area (Å²) in [6.45, 7) is 9.13. The molecule has 22 nitrogen and oxygen atoms in total. The highest BCUT2D eigenvalue weighted by molar-refractivity contribution is 6.06. The van der Waals surface area contributed by atoms with Gasteiger partial charge >= 0.3 is 0 Å². The molecule has 0 spiro atoms. The lowest BCUT2D eigenvalue weighted by Crippen LogP contribution is -2.43. The van der Waals surface area contributed by atoms with Crippen LogP contribution in [0.1, 0.15) is 166 Å². The second kappa shape index (κ2) is 43.7. The number of carbonyl (C=O) groups is 8. The van der Waals surface area contributed by atoms with Crippen molar-refractivity contribution in [3.05, 3.63) is 289 Å². The van der Waals surface area contributed by atoms with Gasteiger partial charge in [0.15, 0.2) is 40.3 Å². The van der Waals surface area contributed by atoms with E-state index in [9.17, 15) is 33.6 Å². The summed E-state index contributed by atoms with van der Waals surface area (Å²) in [7, 11) is 3.09. The van der Waals surface area contributed by atoms with Crippen LogP contribution in [-0.2, 0) is 42.5 Å². The van der Waals surface area contributed by atoms with Crippen molar-refractivity contribution in [3.63, 3.8) is 0 Å².